The van der Waals surface area contributed by atoms with Crippen LogP contribution in [0.1, 0.15) is 54.6 Å². The van der Waals surface area contributed by atoms with Crippen molar-refractivity contribution in [2.75, 3.05) is 0 Å². The third kappa shape index (κ3) is 3.17. The molecule has 2 rings (SSSR count). The van der Waals surface area contributed by atoms with E-state index in [-0.39, 0.29) is 0 Å². The maximum atomic E-state index is 11.2. The number of hydrogen-bond donors (Lipinski definition) is 2. The van der Waals surface area contributed by atoms with Crippen molar-refractivity contribution in [2.24, 2.45) is 0 Å². The van der Waals surface area contributed by atoms with Crippen molar-refractivity contribution in [1.82, 2.24) is 0 Å². The van der Waals surface area contributed by atoms with E-state index < -0.39 is 12.1 Å². The van der Waals surface area contributed by atoms with Gasteiger partial charge in [-0.3, -0.25) is 0 Å². The quantitative estimate of drug-likeness (QED) is 0.776. The van der Waals surface area contributed by atoms with Crippen LogP contribution in [0.25, 0.3) is 10.8 Å². The number of aliphatic hydroxyl groups is 1. The molecule has 2 N–H and O–H groups in total. The van der Waals surface area contributed by atoms with Gasteiger partial charge in [-0.2, -0.15) is 0 Å². The summed E-state index contributed by atoms with van der Waals surface area (Å²) in [7, 11) is 0. The lowest BCUT2D eigenvalue weighted by atomic mass is 9.97. The molecule has 0 amide bonds. The molecule has 2 aromatic rings. The molecule has 0 saturated carbocycles. The van der Waals surface area contributed by atoms with E-state index in [0.29, 0.717) is 10.9 Å². The predicted molar refractivity (Wildman–Crippen MR) is 80.0 cm³/mol. The first-order chi connectivity index (χ1) is 9.63. The van der Waals surface area contributed by atoms with E-state index in [4.69, 9.17) is 5.11 Å². The normalized spacial score (nSPS) is 12.5. The van der Waals surface area contributed by atoms with Crippen molar-refractivity contribution in [3.8, 4) is 0 Å². The fraction of sp³-hybridized carbons (Fsp3) is 0.353. The highest BCUT2D eigenvalue weighted by molar-refractivity contribution is 6.03. The summed E-state index contributed by atoms with van der Waals surface area (Å²) in [5, 5.41) is 20.9. The Morgan fingerprint density at radius 1 is 1.20 bits per heavy atom. The highest BCUT2D eigenvalue weighted by atomic mass is 16.4. The molecule has 0 aliphatic carbocycles. The van der Waals surface area contributed by atoms with Crippen molar-refractivity contribution in [3.05, 3.63) is 47.5 Å². The number of carbonyl (C=O) groups is 1. The SMILES string of the molecule is CCCCCC(O)c1ccc2c(C(=O)O)cccc2c1. The molecular weight excluding hydrogens is 252 g/mol. The van der Waals surface area contributed by atoms with E-state index in [9.17, 15) is 9.90 Å². The van der Waals surface area contributed by atoms with Crippen LogP contribution in [0.3, 0.4) is 0 Å². The average molecular weight is 272 g/mol. The van der Waals surface area contributed by atoms with Crippen molar-refractivity contribution in [2.45, 2.75) is 38.7 Å². The monoisotopic (exact) mass is 272 g/mol. The summed E-state index contributed by atoms with van der Waals surface area (Å²) in [5.41, 5.74) is 1.16. The molecule has 0 heterocycles. The molecule has 1 unspecified atom stereocenters. The maximum Gasteiger partial charge on any atom is 0.336 e. The zero-order chi connectivity index (χ0) is 14.5. The van der Waals surface area contributed by atoms with E-state index in [2.05, 4.69) is 6.92 Å². The second kappa shape index (κ2) is 6.53. The van der Waals surface area contributed by atoms with Crippen LogP contribution in [0.15, 0.2) is 36.4 Å². The highest BCUT2D eigenvalue weighted by Gasteiger charge is 2.11. The zero-order valence-corrected chi connectivity index (χ0v) is 11.7. The predicted octanol–water partition coefficient (Wildman–Crippen LogP) is 4.15. The molecule has 2 aromatic carbocycles. The lowest BCUT2D eigenvalue weighted by Crippen LogP contribution is -2.00. The summed E-state index contributed by atoms with van der Waals surface area (Å²) in [5.74, 6) is -0.924. The number of unbranched alkanes of at least 4 members (excludes halogenated alkanes) is 2. The van der Waals surface area contributed by atoms with Gasteiger partial charge in [-0.15, -0.1) is 0 Å². The summed E-state index contributed by atoms with van der Waals surface area (Å²) < 4.78 is 0. The third-order valence-electron chi connectivity index (χ3n) is 3.60. The lowest BCUT2D eigenvalue weighted by molar-refractivity contribution is 0.0699. The van der Waals surface area contributed by atoms with Crippen molar-refractivity contribution in [1.29, 1.82) is 0 Å². The van der Waals surface area contributed by atoms with Gasteiger partial charge in [-0.25, -0.2) is 4.79 Å². The standard InChI is InChI=1S/C17H20O3/c1-2-3-4-8-16(18)13-9-10-14-12(11-13)6-5-7-15(14)17(19)20/h5-7,9-11,16,18H,2-4,8H2,1H3,(H,19,20). The number of aliphatic hydroxyl groups excluding tert-OH is 1. The minimum Gasteiger partial charge on any atom is -0.478 e. The molecule has 0 radical (unpaired) electrons. The molecule has 0 aliphatic heterocycles. The van der Waals surface area contributed by atoms with Gasteiger partial charge in [0.05, 0.1) is 11.7 Å². The molecular formula is C17H20O3. The average Bonchev–Trinajstić information content (AvgIpc) is 2.46. The minimum absolute atomic E-state index is 0.300. The summed E-state index contributed by atoms with van der Waals surface area (Å²) in [6.07, 6.45) is 3.53. The number of rotatable bonds is 6. The van der Waals surface area contributed by atoms with E-state index in [1.165, 1.54) is 0 Å². The molecule has 0 aromatic heterocycles. The van der Waals surface area contributed by atoms with E-state index in [0.717, 1.165) is 36.6 Å². The fourth-order valence-corrected chi connectivity index (χ4v) is 2.45. The van der Waals surface area contributed by atoms with Crippen LogP contribution in [0.4, 0.5) is 0 Å². The number of carboxylic acids is 1. The van der Waals surface area contributed by atoms with Crippen LogP contribution in [0, 0.1) is 0 Å². The number of fused-ring (bicyclic) bond motifs is 1. The molecule has 0 saturated heterocycles. The highest BCUT2D eigenvalue weighted by Crippen LogP contribution is 2.26. The summed E-state index contributed by atoms with van der Waals surface area (Å²) in [6, 6.07) is 10.7. The molecule has 0 fully saturated rings. The Kier molecular flexibility index (Phi) is 4.74. The second-order valence-corrected chi connectivity index (χ2v) is 5.10. The Bertz CT molecular complexity index is 604. The van der Waals surface area contributed by atoms with Gasteiger partial charge < -0.3 is 10.2 Å². The Hall–Kier alpha value is -1.87. The zero-order valence-electron chi connectivity index (χ0n) is 11.7. The number of hydrogen-bond acceptors (Lipinski definition) is 2. The lowest BCUT2D eigenvalue weighted by Gasteiger charge is -2.12. The Balaban J connectivity index is 2.28. The van der Waals surface area contributed by atoms with E-state index >= 15 is 0 Å². The molecule has 106 valence electrons. The second-order valence-electron chi connectivity index (χ2n) is 5.10. The fourth-order valence-electron chi connectivity index (χ4n) is 2.45. The summed E-state index contributed by atoms with van der Waals surface area (Å²) in [4.78, 5) is 11.2. The van der Waals surface area contributed by atoms with Crippen LogP contribution in [0.2, 0.25) is 0 Å². The van der Waals surface area contributed by atoms with Crippen LogP contribution < -0.4 is 0 Å². The van der Waals surface area contributed by atoms with Crippen molar-refractivity contribution in [3.63, 3.8) is 0 Å². The smallest absolute Gasteiger partial charge is 0.336 e. The molecule has 1 atom stereocenters. The molecule has 0 spiro atoms. The molecule has 0 bridgehead atoms. The largest absolute Gasteiger partial charge is 0.478 e. The van der Waals surface area contributed by atoms with Crippen molar-refractivity contribution < 1.29 is 15.0 Å². The van der Waals surface area contributed by atoms with Gasteiger partial charge in [0, 0.05) is 0 Å². The van der Waals surface area contributed by atoms with Gasteiger partial charge in [0.15, 0.2) is 0 Å². The van der Waals surface area contributed by atoms with Gasteiger partial charge in [-0.1, -0.05) is 50.5 Å². The molecule has 0 aliphatic rings. The Labute approximate surface area is 118 Å². The van der Waals surface area contributed by atoms with Crippen LogP contribution >= 0.6 is 0 Å². The van der Waals surface area contributed by atoms with E-state index in [1.54, 1.807) is 18.2 Å². The van der Waals surface area contributed by atoms with Gasteiger partial charge in [0.2, 0.25) is 0 Å². The first-order valence-corrected chi connectivity index (χ1v) is 7.07. The Morgan fingerprint density at radius 2 is 2.00 bits per heavy atom. The first kappa shape index (κ1) is 14.5. The number of carboxylic acid groups (broad SMARTS) is 1. The number of aromatic carboxylic acids is 1. The first-order valence-electron chi connectivity index (χ1n) is 7.07. The van der Waals surface area contributed by atoms with Crippen LogP contribution in [-0.2, 0) is 0 Å². The Morgan fingerprint density at radius 3 is 2.70 bits per heavy atom. The molecule has 3 heteroatoms. The summed E-state index contributed by atoms with van der Waals surface area (Å²) >= 11 is 0. The summed E-state index contributed by atoms with van der Waals surface area (Å²) in [6.45, 7) is 2.13. The van der Waals surface area contributed by atoms with Crippen LogP contribution in [0.5, 0.6) is 0 Å². The topological polar surface area (TPSA) is 57.5 Å². The minimum atomic E-state index is -0.924. The van der Waals surface area contributed by atoms with Crippen LogP contribution in [-0.4, -0.2) is 16.2 Å². The van der Waals surface area contributed by atoms with E-state index in [1.807, 2.05) is 18.2 Å². The van der Waals surface area contributed by atoms with Crippen molar-refractivity contribution >= 4 is 16.7 Å². The van der Waals surface area contributed by atoms with Gasteiger partial charge in [0.25, 0.3) is 0 Å². The molecule has 20 heavy (non-hydrogen) atoms. The van der Waals surface area contributed by atoms with Gasteiger partial charge in [-0.05, 0) is 34.9 Å². The number of benzene rings is 2. The van der Waals surface area contributed by atoms with Gasteiger partial charge >= 0.3 is 5.97 Å². The van der Waals surface area contributed by atoms with Gasteiger partial charge in [0.1, 0.15) is 0 Å². The molecule has 3 nitrogen and oxygen atoms in total. The third-order valence-corrected chi connectivity index (χ3v) is 3.60. The maximum absolute atomic E-state index is 11.2.